The van der Waals surface area contributed by atoms with Crippen molar-refractivity contribution >= 4 is 16.9 Å². The summed E-state index contributed by atoms with van der Waals surface area (Å²) in [4.78, 5) is 16.2. The average Bonchev–Trinajstić information content (AvgIpc) is 2.86. The molecule has 0 heterocycles. The van der Waals surface area contributed by atoms with Crippen LogP contribution in [0, 0.1) is 0 Å². The molecule has 0 amide bonds. The Morgan fingerprint density at radius 1 is 0.781 bits per heavy atom. The third-order valence-electron chi connectivity index (χ3n) is 6.11. The van der Waals surface area contributed by atoms with Gasteiger partial charge in [0.2, 0.25) is 0 Å². The summed E-state index contributed by atoms with van der Waals surface area (Å²) >= 11 is 0. The van der Waals surface area contributed by atoms with Crippen molar-refractivity contribution in [1.29, 1.82) is 0 Å². The summed E-state index contributed by atoms with van der Waals surface area (Å²) in [6.45, 7) is 2.05. The van der Waals surface area contributed by atoms with E-state index in [1.807, 2.05) is 24.3 Å². The lowest BCUT2D eigenvalue weighted by Gasteiger charge is -2.35. The molecule has 1 saturated carbocycles. The number of esters is 1. The van der Waals surface area contributed by atoms with E-state index in [1.54, 1.807) is 0 Å². The van der Waals surface area contributed by atoms with Gasteiger partial charge in [0.25, 0.3) is 0 Å². The Kier molecular flexibility index (Phi) is 7.54. The second-order valence-corrected chi connectivity index (χ2v) is 10.3. The fourth-order valence-corrected chi connectivity index (χ4v) is 6.41. The van der Waals surface area contributed by atoms with Crippen molar-refractivity contribution in [2.45, 2.75) is 65.7 Å². The number of rotatable bonds is 8. The quantitative estimate of drug-likeness (QED) is 0.281. The number of hydrogen-bond acceptors (Lipinski definition) is 3. The summed E-state index contributed by atoms with van der Waals surface area (Å²) in [7, 11) is -0.195. The van der Waals surface area contributed by atoms with Gasteiger partial charge in [0, 0.05) is 0 Å². The lowest BCUT2D eigenvalue weighted by Crippen LogP contribution is -2.38. The molecular formula is C28H31O3S+. The van der Waals surface area contributed by atoms with E-state index in [0.29, 0.717) is 5.75 Å². The number of carbonyl (C=O) groups is 1. The molecule has 0 aliphatic heterocycles. The maximum Gasteiger partial charge on any atom is 0.344 e. The average molecular weight is 448 g/mol. The molecule has 4 rings (SSSR count). The van der Waals surface area contributed by atoms with E-state index in [0.717, 1.165) is 32.1 Å². The number of benzene rings is 3. The van der Waals surface area contributed by atoms with Crippen LogP contribution in [0.25, 0.3) is 0 Å². The first kappa shape index (κ1) is 22.5. The summed E-state index contributed by atoms with van der Waals surface area (Å²) in [5.41, 5.74) is -0.289. The van der Waals surface area contributed by atoms with Crippen LogP contribution in [-0.2, 0) is 20.4 Å². The summed E-state index contributed by atoms with van der Waals surface area (Å²) in [6.07, 6.45) is 6.30. The Balaban J connectivity index is 1.43. The highest BCUT2D eigenvalue weighted by molar-refractivity contribution is 7.97. The normalized spacial score (nSPS) is 15.3. The second kappa shape index (κ2) is 10.7. The zero-order chi connectivity index (χ0) is 22.2. The predicted molar refractivity (Wildman–Crippen MR) is 129 cm³/mol. The molecule has 0 radical (unpaired) electrons. The van der Waals surface area contributed by atoms with Gasteiger partial charge in [-0.2, -0.15) is 0 Å². The maximum absolute atomic E-state index is 12.4. The smallest absolute Gasteiger partial charge is 0.344 e. The maximum atomic E-state index is 12.4. The van der Waals surface area contributed by atoms with Crippen molar-refractivity contribution in [2.24, 2.45) is 0 Å². The number of ether oxygens (including phenoxy) is 2. The SMILES string of the molecule is CCC1(OC(=O)COc2ccc([S+](c3ccccc3)c3ccccc3)cc2)CCCCC1. The Morgan fingerprint density at radius 2 is 1.31 bits per heavy atom. The predicted octanol–water partition coefficient (Wildman–Crippen LogP) is 6.82. The van der Waals surface area contributed by atoms with E-state index in [2.05, 4.69) is 67.6 Å². The highest BCUT2D eigenvalue weighted by atomic mass is 32.2. The minimum atomic E-state index is -0.289. The molecule has 166 valence electrons. The van der Waals surface area contributed by atoms with E-state index in [1.165, 1.54) is 21.1 Å². The first-order valence-corrected chi connectivity index (χ1v) is 12.7. The molecule has 0 atom stereocenters. The lowest BCUT2D eigenvalue weighted by atomic mass is 9.83. The van der Waals surface area contributed by atoms with E-state index >= 15 is 0 Å². The van der Waals surface area contributed by atoms with Gasteiger partial charge in [0.05, 0.1) is 10.9 Å². The van der Waals surface area contributed by atoms with E-state index in [9.17, 15) is 4.79 Å². The van der Waals surface area contributed by atoms with Crippen LogP contribution in [0.5, 0.6) is 5.75 Å². The van der Waals surface area contributed by atoms with Crippen LogP contribution in [0.4, 0.5) is 0 Å². The summed E-state index contributed by atoms with van der Waals surface area (Å²) in [5, 5.41) is 0. The van der Waals surface area contributed by atoms with Crippen LogP contribution in [0.1, 0.15) is 45.4 Å². The molecule has 0 saturated heterocycles. The van der Waals surface area contributed by atoms with Gasteiger partial charge in [0.15, 0.2) is 21.3 Å². The van der Waals surface area contributed by atoms with E-state index in [-0.39, 0.29) is 29.1 Å². The first-order valence-electron chi connectivity index (χ1n) is 11.5. The molecule has 0 aromatic heterocycles. The molecule has 0 N–H and O–H groups in total. The van der Waals surface area contributed by atoms with Crippen LogP contribution in [0.2, 0.25) is 0 Å². The third-order valence-corrected chi connectivity index (χ3v) is 8.34. The van der Waals surface area contributed by atoms with Crippen molar-refractivity contribution in [3.63, 3.8) is 0 Å². The van der Waals surface area contributed by atoms with Crippen LogP contribution in [0.3, 0.4) is 0 Å². The Hall–Kier alpha value is -2.72. The highest BCUT2D eigenvalue weighted by Crippen LogP contribution is 2.35. The van der Waals surface area contributed by atoms with Crippen LogP contribution in [-0.4, -0.2) is 18.2 Å². The Bertz CT molecular complexity index is 941. The molecule has 1 aliphatic rings. The second-order valence-electron chi connectivity index (χ2n) is 8.26. The zero-order valence-electron chi connectivity index (χ0n) is 18.7. The van der Waals surface area contributed by atoms with Crippen molar-refractivity contribution in [2.75, 3.05) is 6.61 Å². The first-order chi connectivity index (χ1) is 15.7. The third kappa shape index (κ3) is 5.55. The van der Waals surface area contributed by atoms with Gasteiger partial charge in [-0.25, -0.2) is 4.79 Å². The molecule has 3 aromatic carbocycles. The topological polar surface area (TPSA) is 35.5 Å². The van der Waals surface area contributed by atoms with Crippen molar-refractivity contribution < 1.29 is 14.3 Å². The van der Waals surface area contributed by atoms with Gasteiger partial charge in [-0.05, 0) is 80.6 Å². The van der Waals surface area contributed by atoms with Crippen LogP contribution >= 0.6 is 0 Å². The fraction of sp³-hybridized carbons (Fsp3) is 0.321. The summed E-state index contributed by atoms with van der Waals surface area (Å²) < 4.78 is 11.6. The van der Waals surface area contributed by atoms with Crippen molar-refractivity contribution in [3.8, 4) is 5.75 Å². The molecule has 32 heavy (non-hydrogen) atoms. The minimum absolute atomic E-state index is 0.0514. The molecule has 0 bridgehead atoms. The van der Waals surface area contributed by atoms with Gasteiger partial charge in [-0.3, -0.25) is 0 Å². The zero-order valence-corrected chi connectivity index (χ0v) is 19.5. The van der Waals surface area contributed by atoms with Crippen LogP contribution < -0.4 is 4.74 Å². The van der Waals surface area contributed by atoms with Crippen molar-refractivity contribution in [3.05, 3.63) is 84.9 Å². The number of carbonyl (C=O) groups excluding carboxylic acids is 1. The minimum Gasteiger partial charge on any atom is -0.482 e. The van der Waals surface area contributed by atoms with E-state index in [4.69, 9.17) is 9.47 Å². The van der Waals surface area contributed by atoms with Crippen LogP contribution in [0.15, 0.2) is 99.6 Å². The monoisotopic (exact) mass is 447 g/mol. The Labute approximate surface area is 194 Å². The largest absolute Gasteiger partial charge is 0.482 e. The van der Waals surface area contributed by atoms with Gasteiger partial charge in [-0.1, -0.05) is 49.7 Å². The number of hydrogen-bond donors (Lipinski definition) is 0. The standard InChI is InChI=1S/C28H31O3S/c1-2-28(20-10-5-11-21-28)31-27(29)22-30-23-16-18-26(19-17-23)32(24-12-6-3-7-13-24)25-14-8-4-9-15-25/h3-4,6-9,12-19H,2,5,10-11,20-22H2,1H3/q+1. The molecule has 3 aromatic rings. The molecule has 1 aliphatic carbocycles. The van der Waals surface area contributed by atoms with E-state index < -0.39 is 0 Å². The van der Waals surface area contributed by atoms with Gasteiger partial charge < -0.3 is 9.47 Å². The molecule has 4 heteroatoms. The highest BCUT2D eigenvalue weighted by Gasteiger charge is 2.34. The summed E-state index contributed by atoms with van der Waals surface area (Å²) in [5.74, 6) is 0.413. The van der Waals surface area contributed by atoms with Gasteiger partial charge in [0.1, 0.15) is 11.4 Å². The van der Waals surface area contributed by atoms with Gasteiger partial charge >= 0.3 is 5.97 Å². The molecule has 0 spiro atoms. The van der Waals surface area contributed by atoms with Crippen molar-refractivity contribution in [1.82, 2.24) is 0 Å². The van der Waals surface area contributed by atoms with Gasteiger partial charge in [-0.15, -0.1) is 0 Å². The molecule has 3 nitrogen and oxygen atoms in total. The molecule has 1 fully saturated rings. The molecular weight excluding hydrogens is 416 g/mol. The lowest BCUT2D eigenvalue weighted by molar-refractivity contribution is -0.166. The molecule has 0 unspecified atom stereocenters. The summed E-state index contributed by atoms with van der Waals surface area (Å²) in [6, 6.07) is 29.2. The Morgan fingerprint density at radius 3 is 1.84 bits per heavy atom. The fourth-order valence-electron chi connectivity index (χ4n) is 4.33.